The highest BCUT2D eigenvalue weighted by Crippen LogP contribution is 2.28. The molecule has 1 fully saturated rings. The maximum Gasteiger partial charge on any atom is 0.309 e. The van der Waals surface area contributed by atoms with Gasteiger partial charge in [0.25, 0.3) is 5.91 Å². The molecule has 5 nitrogen and oxygen atoms in total. The monoisotopic (exact) mass is 276 g/mol. The van der Waals surface area contributed by atoms with Gasteiger partial charge in [-0.3, -0.25) is 9.59 Å². The molecule has 2 aliphatic carbocycles. The third-order valence-corrected chi connectivity index (χ3v) is 4.00. The SMILES string of the molecule is N#CC1(NC(=O)COC(=O)[C@H]2CC=CCC2)CCCC1. The Labute approximate surface area is 119 Å². The predicted molar refractivity (Wildman–Crippen MR) is 72.4 cm³/mol. The molecule has 2 rings (SSSR count). The summed E-state index contributed by atoms with van der Waals surface area (Å²) in [6.45, 7) is -0.289. The summed E-state index contributed by atoms with van der Waals surface area (Å²) in [6.07, 6.45) is 9.61. The molecule has 2 aliphatic rings. The van der Waals surface area contributed by atoms with E-state index in [9.17, 15) is 9.59 Å². The number of hydrogen-bond acceptors (Lipinski definition) is 4. The molecule has 0 aromatic rings. The van der Waals surface area contributed by atoms with Crippen LogP contribution in [-0.2, 0) is 14.3 Å². The van der Waals surface area contributed by atoms with Crippen LogP contribution in [0.5, 0.6) is 0 Å². The Bertz CT molecular complexity index is 445. The first kappa shape index (κ1) is 14.6. The molecule has 0 unspecified atom stereocenters. The van der Waals surface area contributed by atoms with Gasteiger partial charge in [-0.1, -0.05) is 12.2 Å². The third kappa shape index (κ3) is 3.60. The number of nitrogens with zero attached hydrogens (tertiary/aromatic N) is 1. The zero-order chi connectivity index (χ0) is 14.4. The van der Waals surface area contributed by atoms with Crippen molar-refractivity contribution in [1.29, 1.82) is 5.26 Å². The maximum absolute atomic E-state index is 11.8. The van der Waals surface area contributed by atoms with Crippen molar-refractivity contribution in [1.82, 2.24) is 5.32 Å². The van der Waals surface area contributed by atoms with Crippen LogP contribution in [-0.4, -0.2) is 24.0 Å². The molecular formula is C15H20N2O3. The number of allylic oxidation sites excluding steroid dienone is 2. The van der Waals surface area contributed by atoms with E-state index >= 15 is 0 Å². The lowest BCUT2D eigenvalue weighted by Crippen LogP contribution is -2.46. The summed E-state index contributed by atoms with van der Waals surface area (Å²) in [6, 6.07) is 2.18. The number of ether oxygens (including phenoxy) is 1. The Morgan fingerprint density at radius 1 is 1.35 bits per heavy atom. The molecule has 0 heterocycles. The van der Waals surface area contributed by atoms with Crippen LogP contribution in [0.1, 0.15) is 44.9 Å². The van der Waals surface area contributed by atoms with Crippen molar-refractivity contribution in [2.24, 2.45) is 5.92 Å². The summed E-state index contributed by atoms with van der Waals surface area (Å²) in [5.41, 5.74) is -0.753. The summed E-state index contributed by atoms with van der Waals surface area (Å²) >= 11 is 0. The fraction of sp³-hybridized carbons (Fsp3) is 0.667. The fourth-order valence-electron chi connectivity index (χ4n) is 2.81. The van der Waals surface area contributed by atoms with Gasteiger partial charge in [0.2, 0.25) is 0 Å². The number of nitriles is 1. The van der Waals surface area contributed by atoms with E-state index in [1.165, 1.54) is 0 Å². The van der Waals surface area contributed by atoms with Crippen molar-refractivity contribution in [2.45, 2.75) is 50.5 Å². The van der Waals surface area contributed by atoms with E-state index in [2.05, 4.69) is 11.4 Å². The van der Waals surface area contributed by atoms with Crippen LogP contribution in [0, 0.1) is 17.2 Å². The average Bonchev–Trinajstić information content (AvgIpc) is 2.95. The lowest BCUT2D eigenvalue weighted by atomic mass is 9.95. The molecule has 1 atom stereocenters. The van der Waals surface area contributed by atoms with E-state index in [0.717, 1.165) is 25.7 Å². The standard InChI is InChI=1S/C15H20N2O3/c16-11-15(8-4-5-9-15)17-13(18)10-20-14(19)12-6-2-1-3-7-12/h1-2,12H,3-10H2,(H,17,18)/t12-/m0/s1. The summed E-state index contributed by atoms with van der Waals surface area (Å²) in [5.74, 6) is -0.834. The summed E-state index contributed by atoms with van der Waals surface area (Å²) in [5, 5.41) is 11.9. The molecule has 1 amide bonds. The van der Waals surface area contributed by atoms with E-state index in [1.807, 2.05) is 12.2 Å². The van der Waals surface area contributed by atoms with Gasteiger partial charge in [-0.05, 0) is 44.9 Å². The van der Waals surface area contributed by atoms with Crippen molar-refractivity contribution in [3.8, 4) is 6.07 Å². The summed E-state index contributed by atoms with van der Waals surface area (Å²) < 4.78 is 5.05. The van der Waals surface area contributed by atoms with Crippen LogP contribution in [0.3, 0.4) is 0 Å². The molecule has 0 saturated heterocycles. The second-order valence-corrected chi connectivity index (χ2v) is 5.54. The first-order chi connectivity index (χ1) is 9.65. The Kier molecular flexibility index (Phi) is 4.78. The van der Waals surface area contributed by atoms with Crippen molar-refractivity contribution in [3.63, 3.8) is 0 Å². The molecule has 108 valence electrons. The van der Waals surface area contributed by atoms with Crippen LogP contribution in [0.25, 0.3) is 0 Å². The van der Waals surface area contributed by atoms with Crippen LogP contribution >= 0.6 is 0 Å². The van der Waals surface area contributed by atoms with Gasteiger partial charge in [-0.15, -0.1) is 0 Å². The lowest BCUT2D eigenvalue weighted by molar-refractivity contribution is -0.153. The fourth-order valence-corrected chi connectivity index (χ4v) is 2.81. The number of nitrogens with one attached hydrogen (secondary N) is 1. The second-order valence-electron chi connectivity index (χ2n) is 5.54. The van der Waals surface area contributed by atoms with Gasteiger partial charge in [0.15, 0.2) is 6.61 Å². The first-order valence-electron chi connectivity index (χ1n) is 7.19. The maximum atomic E-state index is 11.8. The number of carbonyl (C=O) groups is 2. The molecule has 0 aliphatic heterocycles. The number of carbonyl (C=O) groups excluding carboxylic acids is 2. The van der Waals surface area contributed by atoms with Crippen LogP contribution in [0.15, 0.2) is 12.2 Å². The van der Waals surface area contributed by atoms with Gasteiger partial charge in [0, 0.05) is 0 Å². The van der Waals surface area contributed by atoms with Gasteiger partial charge in [-0.25, -0.2) is 0 Å². The van der Waals surface area contributed by atoms with Gasteiger partial charge >= 0.3 is 5.97 Å². The van der Waals surface area contributed by atoms with E-state index in [0.29, 0.717) is 19.3 Å². The van der Waals surface area contributed by atoms with Gasteiger partial charge < -0.3 is 10.1 Å². The second kappa shape index (κ2) is 6.56. The molecule has 0 aromatic heterocycles. The normalized spacial score (nSPS) is 23.9. The third-order valence-electron chi connectivity index (χ3n) is 4.00. The van der Waals surface area contributed by atoms with E-state index in [4.69, 9.17) is 10.00 Å². The van der Waals surface area contributed by atoms with Gasteiger partial charge in [-0.2, -0.15) is 5.26 Å². The van der Waals surface area contributed by atoms with Crippen molar-refractivity contribution >= 4 is 11.9 Å². The number of esters is 1. The minimum atomic E-state index is -0.753. The molecule has 1 saturated carbocycles. The highest BCUT2D eigenvalue weighted by atomic mass is 16.5. The lowest BCUT2D eigenvalue weighted by Gasteiger charge is -2.22. The van der Waals surface area contributed by atoms with Gasteiger partial charge in [0.05, 0.1) is 12.0 Å². The molecule has 0 radical (unpaired) electrons. The van der Waals surface area contributed by atoms with Crippen LogP contribution in [0.4, 0.5) is 0 Å². The number of rotatable bonds is 4. The molecule has 1 N–H and O–H groups in total. The smallest absolute Gasteiger partial charge is 0.309 e. The number of amides is 1. The molecule has 0 bridgehead atoms. The van der Waals surface area contributed by atoms with E-state index < -0.39 is 5.54 Å². The minimum absolute atomic E-state index is 0.135. The molecular weight excluding hydrogens is 256 g/mol. The van der Waals surface area contributed by atoms with E-state index in [-0.39, 0.29) is 24.4 Å². The quantitative estimate of drug-likeness (QED) is 0.627. The highest BCUT2D eigenvalue weighted by Gasteiger charge is 2.35. The van der Waals surface area contributed by atoms with E-state index in [1.54, 1.807) is 0 Å². The zero-order valence-corrected chi connectivity index (χ0v) is 11.6. The first-order valence-corrected chi connectivity index (χ1v) is 7.19. The highest BCUT2D eigenvalue weighted by molar-refractivity contribution is 5.82. The number of hydrogen-bond donors (Lipinski definition) is 1. The topological polar surface area (TPSA) is 79.2 Å². The molecule has 20 heavy (non-hydrogen) atoms. The Morgan fingerprint density at radius 3 is 2.70 bits per heavy atom. The molecule has 5 heteroatoms. The van der Waals surface area contributed by atoms with Crippen molar-refractivity contribution in [3.05, 3.63) is 12.2 Å². The molecule has 0 aromatic carbocycles. The predicted octanol–water partition coefficient (Wildman–Crippen LogP) is 1.84. The van der Waals surface area contributed by atoms with Crippen LogP contribution in [0.2, 0.25) is 0 Å². The Hall–Kier alpha value is -1.83. The Balaban J connectivity index is 1.76. The van der Waals surface area contributed by atoms with Crippen molar-refractivity contribution in [2.75, 3.05) is 6.61 Å². The minimum Gasteiger partial charge on any atom is -0.455 e. The summed E-state index contributed by atoms with van der Waals surface area (Å²) in [7, 11) is 0. The largest absolute Gasteiger partial charge is 0.455 e. The zero-order valence-electron chi connectivity index (χ0n) is 11.6. The average molecular weight is 276 g/mol. The van der Waals surface area contributed by atoms with Crippen LogP contribution < -0.4 is 5.32 Å². The Morgan fingerprint density at radius 2 is 2.10 bits per heavy atom. The van der Waals surface area contributed by atoms with Crippen molar-refractivity contribution < 1.29 is 14.3 Å². The molecule has 0 spiro atoms. The van der Waals surface area contributed by atoms with Gasteiger partial charge in [0.1, 0.15) is 5.54 Å². The summed E-state index contributed by atoms with van der Waals surface area (Å²) in [4.78, 5) is 23.6.